The zero-order valence-corrected chi connectivity index (χ0v) is 17.6. The number of likely N-dealkylation sites (tertiary alicyclic amines) is 1. The first kappa shape index (κ1) is 20.7. The van der Waals surface area contributed by atoms with Crippen molar-refractivity contribution >= 4 is 17.3 Å². The van der Waals surface area contributed by atoms with E-state index < -0.39 is 0 Å². The van der Waals surface area contributed by atoms with Crippen LogP contribution in [0.2, 0.25) is 0 Å². The largest absolute Gasteiger partial charge is 0.497 e. The van der Waals surface area contributed by atoms with Crippen LogP contribution in [0.5, 0.6) is 5.75 Å². The predicted molar refractivity (Wildman–Crippen MR) is 121 cm³/mol. The molecule has 1 amide bonds. The van der Waals surface area contributed by atoms with Gasteiger partial charge in [-0.25, -0.2) is 0 Å². The Kier molecular flexibility index (Phi) is 6.06. The van der Waals surface area contributed by atoms with E-state index in [1.54, 1.807) is 19.2 Å². The van der Waals surface area contributed by atoms with Crippen LogP contribution in [0.3, 0.4) is 0 Å². The number of rotatable bonds is 4. The maximum atomic E-state index is 13.5. The average Bonchev–Trinajstić information content (AvgIpc) is 2.83. The van der Waals surface area contributed by atoms with Crippen LogP contribution in [0.25, 0.3) is 5.70 Å². The van der Waals surface area contributed by atoms with Crippen molar-refractivity contribution in [2.24, 2.45) is 5.73 Å². The molecule has 2 aliphatic rings. The number of anilines is 1. The highest BCUT2D eigenvalue weighted by Gasteiger charge is 2.29. The Morgan fingerprint density at radius 1 is 1.16 bits per heavy atom. The molecule has 0 aliphatic carbocycles. The molecule has 0 spiro atoms. The highest BCUT2D eigenvalue weighted by atomic mass is 16.5. The molecule has 0 radical (unpaired) electrons. The summed E-state index contributed by atoms with van der Waals surface area (Å²) in [6, 6.07) is 17.3. The second kappa shape index (κ2) is 9.07. The standard InChI is InChI=1S/C25H26N4O2/c1-31-22-12-10-21(11-13-22)29-15-3-5-23(25(30)28-14-2-4-20(27)17-28)24(29)19-8-6-18(16-26)7-9-19/h3,5-13,20H,2,4,14-15,17,27H2,1H3. The van der Waals surface area contributed by atoms with Crippen LogP contribution in [0.4, 0.5) is 5.69 Å². The summed E-state index contributed by atoms with van der Waals surface area (Å²) in [7, 11) is 1.64. The number of carbonyl (C=O) groups excluding carboxylic acids is 1. The molecule has 2 aromatic carbocycles. The van der Waals surface area contributed by atoms with Gasteiger partial charge in [-0.3, -0.25) is 4.79 Å². The minimum Gasteiger partial charge on any atom is -0.497 e. The fourth-order valence-corrected chi connectivity index (χ4v) is 4.14. The first-order valence-electron chi connectivity index (χ1n) is 10.5. The van der Waals surface area contributed by atoms with Crippen LogP contribution < -0.4 is 15.4 Å². The van der Waals surface area contributed by atoms with Gasteiger partial charge in [0.05, 0.1) is 30.0 Å². The third-order valence-corrected chi connectivity index (χ3v) is 5.74. The van der Waals surface area contributed by atoms with E-state index in [0.717, 1.165) is 35.5 Å². The molecule has 1 unspecified atom stereocenters. The van der Waals surface area contributed by atoms with Gasteiger partial charge in [0.2, 0.25) is 0 Å². The highest BCUT2D eigenvalue weighted by Crippen LogP contribution is 2.34. The second-order valence-corrected chi connectivity index (χ2v) is 7.82. The maximum Gasteiger partial charge on any atom is 0.256 e. The molecule has 6 heteroatoms. The molecule has 1 saturated heterocycles. The fraction of sp³-hybridized carbons (Fsp3) is 0.280. The Bertz CT molecular complexity index is 1050. The lowest BCUT2D eigenvalue weighted by Gasteiger charge is -2.35. The quantitative estimate of drug-likeness (QED) is 0.830. The predicted octanol–water partition coefficient (Wildman–Crippen LogP) is 3.30. The summed E-state index contributed by atoms with van der Waals surface area (Å²) in [4.78, 5) is 17.5. The number of carbonyl (C=O) groups is 1. The SMILES string of the molecule is COc1ccc(N2CC=CC(C(=O)N3CCCC(N)C3)=C2c2ccc(C#N)cc2)cc1. The van der Waals surface area contributed by atoms with Gasteiger partial charge in [0.25, 0.3) is 5.91 Å². The Labute approximate surface area is 182 Å². The van der Waals surface area contributed by atoms with Crippen molar-refractivity contribution < 1.29 is 9.53 Å². The third kappa shape index (κ3) is 4.32. The number of hydrogen-bond donors (Lipinski definition) is 1. The van der Waals surface area contributed by atoms with Crippen molar-refractivity contribution in [3.63, 3.8) is 0 Å². The van der Waals surface area contributed by atoms with Gasteiger partial charge in [-0.1, -0.05) is 18.2 Å². The van der Waals surface area contributed by atoms with Gasteiger partial charge in [-0.2, -0.15) is 5.26 Å². The molecule has 158 valence electrons. The highest BCUT2D eigenvalue weighted by molar-refractivity contribution is 6.07. The van der Waals surface area contributed by atoms with Gasteiger partial charge in [0.15, 0.2) is 0 Å². The van der Waals surface area contributed by atoms with Crippen molar-refractivity contribution in [3.05, 3.63) is 77.4 Å². The summed E-state index contributed by atoms with van der Waals surface area (Å²) in [5.41, 5.74) is 10.0. The number of nitriles is 1. The minimum absolute atomic E-state index is 0.0102. The van der Waals surface area contributed by atoms with Gasteiger partial charge in [-0.15, -0.1) is 0 Å². The second-order valence-electron chi connectivity index (χ2n) is 7.82. The lowest BCUT2D eigenvalue weighted by atomic mass is 9.97. The summed E-state index contributed by atoms with van der Waals surface area (Å²) >= 11 is 0. The van der Waals surface area contributed by atoms with Crippen molar-refractivity contribution in [1.29, 1.82) is 5.26 Å². The summed E-state index contributed by atoms with van der Waals surface area (Å²) in [6.07, 6.45) is 5.78. The molecule has 0 saturated carbocycles. The van der Waals surface area contributed by atoms with Crippen molar-refractivity contribution in [1.82, 2.24) is 4.90 Å². The Balaban J connectivity index is 1.80. The molecule has 0 bridgehead atoms. The van der Waals surface area contributed by atoms with Crippen LogP contribution in [-0.4, -0.2) is 43.6 Å². The lowest BCUT2D eigenvalue weighted by molar-refractivity contribution is -0.127. The molecule has 2 aliphatic heterocycles. The zero-order valence-electron chi connectivity index (χ0n) is 17.6. The molecular formula is C25H26N4O2. The fourth-order valence-electron chi connectivity index (χ4n) is 4.14. The van der Waals surface area contributed by atoms with Gasteiger partial charge in [-0.05, 0) is 60.9 Å². The Morgan fingerprint density at radius 3 is 2.55 bits per heavy atom. The summed E-state index contributed by atoms with van der Waals surface area (Å²) in [5.74, 6) is 0.766. The van der Waals surface area contributed by atoms with Gasteiger partial charge in [0, 0.05) is 31.4 Å². The number of ether oxygens (including phenoxy) is 1. The molecular weight excluding hydrogens is 388 g/mol. The molecule has 31 heavy (non-hydrogen) atoms. The number of piperidine rings is 1. The first-order chi connectivity index (χ1) is 15.1. The number of amides is 1. The Hall–Kier alpha value is -3.56. The van der Waals surface area contributed by atoms with Crippen LogP contribution in [-0.2, 0) is 4.79 Å². The van der Waals surface area contributed by atoms with E-state index in [2.05, 4.69) is 11.0 Å². The van der Waals surface area contributed by atoms with Crippen LogP contribution in [0.1, 0.15) is 24.0 Å². The summed E-state index contributed by atoms with van der Waals surface area (Å²) in [6.45, 7) is 1.92. The van der Waals surface area contributed by atoms with Crippen molar-refractivity contribution in [3.8, 4) is 11.8 Å². The maximum absolute atomic E-state index is 13.5. The third-order valence-electron chi connectivity index (χ3n) is 5.74. The molecule has 1 atom stereocenters. The normalized spacial score (nSPS) is 18.7. The minimum atomic E-state index is -0.0102. The van der Waals surface area contributed by atoms with Gasteiger partial charge in [0.1, 0.15) is 5.75 Å². The molecule has 2 N–H and O–H groups in total. The van der Waals surface area contributed by atoms with E-state index in [0.29, 0.717) is 30.8 Å². The smallest absolute Gasteiger partial charge is 0.256 e. The monoisotopic (exact) mass is 414 g/mol. The number of nitrogens with two attached hydrogens (primary N) is 1. The molecule has 6 nitrogen and oxygen atoms in total. The molecule has 1 fully saturated rings. The molecule has 4 rings (SSSR count). The van der Waals surface area contributed by atoms with Crippen LogP contribution >= 0.6 is 0 Å². The van der Waals surface area contributed by atoms with Crippen molar-refractivity contribution in [2.45, 2.75) is 18.9 Å². The van der Waals surface area contributed by atoms with Crippen LogP contribution in [0, 0.1) is 11.3 Å². The van der Waals surface area contributed by atoms with Gasteiger partial charge >= 0.3 is 0 Å². The number of methoxy groups -OCH3 is 1. The topological polar surface area (TPSA) is 82.6 Å². The van der Waals surface area contributed by atoms with E-state index in [9.17, 15) is 10.1 Å². The van der Waals surface area contributed by atoms with Crippen molar-refractivity contribution in [2.75, 3.05) is 31.6 Å². The number of nitrogens with zero attached hydrogens (tertiary/aromatic N) is 3. The van der Waals surface area contributed by atoms with Gasteiger partial charge < -0.3 is 20.3 Å². The average molecular weight is 415 g/mol. The van der Waals surface area contributed by atoms with E-state index in [1.807, 2.05) is 53.5 Å². The molecule has 2 heterocycles. The van der Waals surface area contributed by atoms with E-state index in [1.165, 1.54) is 0 Å². The Morgan fingerprint density at radius 2 is 1.90 bits per heavy atom. The number of hydrogen-bond acceptors (Lipinski definition) is 5. The summed E-state index contributed by atoms with van der Waals surface area (Å²) in [5, 5.41) is 9.19. The summed E-state index contributed by atoms with van der Waals surface area (Å²) < 4.78 is 5.29. The molecule has 2 aromatic rings. The lowest BCUT2D eigenvalue weighted by Crippen LogP contribution is -2.46. The van der Waals surface area contributed by atoms with E-state index >= 15 is 0 Å². The molecule has 0 aromatic heterocycles. The van der Waals surface area contributed by atoms with Crippen LogP contribution in [0.15, 0.2) is 66.3 Å². The number of benzene rings is 2. The van der Waals surface area contributed by atoms with E-state index in [-0.39, 0.29) is 11.9 Å². The van der Waals surface area contributed by atoms with E-state index in [4.69, 9.17) is 10.5 Å². The zero-order chi connectivity index (χ0) is 21.8. The first-order valence-corrected chi connectivity index (χ1v) is 10.5.